The largest absolute Gasteiger partial charge is 0.394 e. The Morgan fingerprint density at radius 2 is 1.93 bits per heavy atom. The molecule has 1 fully saturated rings. The number of ether oxygens (including phenoxy) is 3. The SMILES string of the molecule is COC(C)(C)O[C@H]1CCCC1OCCO. The molecule has 1 unspecified atom stereocenters. The highest BCUT2D eigenvalue weighted by Gasteiger charge is 2.33. The summed E-state index contributed by atoms with van der Waals surface area (Å²) in [5, 5.41) is 8.70. The van der Waals surface area contributed by atoms with E-state index in [1.165, 1.54) is 0 Å². The first-order valence-electron chi connectivity index (χ1n) is 5.54. The maximum absolute atomic E-state index is 8.70. The van der Waals surface area contributed by atoms with Crippen LogP contribution < -0.4 is 0 Å². The van der Waals surface area contributed by atoms with Gasteiger partial charge in [-0.3, -0.25) is 0 Å². The quantitative estimate of drug-likeness (QED) is 0.683. The van der Waals surface area contributed by atoms with Gasteiger partial charge in [0.05, 0.1) is 25.4 Å². The van der Waals surface area contributed by atoms with Crippen molar-refractivity contribution in [2.45, 2.75) is 51.1 Å². The molecule has 4 heteroatoms. The van der Waals surface area contributed by atoms with Gasteiger partial charge in [0.1, 0.15) is 0 Å². The second-order valence-electron chi connectivity index (χ2n) is 4.32. The molecule has 0 aromatic carbocycles. The number of methoxy groups -OCH3 is 1. The van der Waals surface area contributed by atoms with Gasteiger partial charge in [-0.1, -0.05) is 0 Å². The third-order valence-corrected chi connectivity index (χ3v) is 2.74. The van der Waals surface area contributed by atoms with Gasteiger partial charge in [-0.25, -0.2) is 0 Å². The van der Waals surface area contributed by atoms with Crippen molar-refractivity contribution >= 4 is 0 Å². The normalized spacial score (nSPS) is 27.2. The first kappa shape index (κ1) is 12.9. The molecule has 0 bridgehead atoms. The molecule has 4 nitrogen and oxygen atoms in total. The van der Waals surface area contributed by atoms with Crippen LogP contribution in [0.1, 0.15) is 33.1 Å². The first-order chi connectivity index (χ1) is 7.09. The average Bonchev–Trinajstić information content (AvgIpc) is 2.62. The summed E-state index contributed by atoms with van der Waals surface area (Å²) in [5.41, 5.74) is 0. The molecule has 15 heavy (non-hydrogen) atoms. The monoisotopic (exact) mass is 218 g/mol. The summed E-state index contributed by atoms with van der Waals surface area (Å²) in [5.74, 6) is -0.560. The van der Waals surface area contributed by atoms with Gasteiger partial charge >= 0.3 is 0 Å². The van der Waals surface area contributed by atoms with Crippen molar-refractivity contribution in [2.75, 3.05) is 20.3 Å². The van der Waals surface area contributed by atoms with Crippen LogP contribution >= 0.6 is 0 Å². The zero-order chi connectivity index (χ0) is 11.3. The van der Waals surface area contributed by atoms with Crippen LogP contribution in [0.15, 0.2) is 0 Å². The summed E-state index contributed by atoms with van der Waals surface area (Å²) in [4.78, 5) is 0. The third-order valence-electron chi connectivity index (χ3n) is 2.74. The van der Waals surface area contributed by atoms with Crippen molar-refractivity contribution in [3.8, 4) is 0 Å². The maximum atomic E-state index is 8.70. The van der Waals surface area contributed by atoms with Gasteiger partial charge in [0.25, 0.3) is 0 Å². The standard InChI is InChI=1S/C11H22O4/c1-11(2,13-3)15-10-6-4-5-9(10)14-8-7-12/h9-10,12H,4-8H2,1-3H3/t9?,10-/m0/s1. The van der Waals surface area contributed by atoms with Crippen LogP contribution in [0.3, 0.4) is 0 Å². The van der Waals surface area contributed by atoms with Crippen LogP contribution in [-0.2, 0) is 14.2 Å². The fraction of sp³-hybridized carbons (Fsp3) is 1.00. The average molecular weight is 218 g/mol. The van der Waals surface area contributed by atoms with Crippen LogP contribution in [0.25, 0.3) is 0 Å². The van der Waals surface area contributed by atoms with Crippen molar-refractivity contribution in [2.24, 2.45) is 0 Å². The second-order valence-corrected chi connectivity index (χ2v) is 4.32. The molecule has 1 aliphatic rings. The molecule has 0 amide bonds. The minimum Gasteiger partial charge on any atom is -0.394 e. The Morgan fingerprint density at radius 3 is 2.53 bits per heavy atom. The fourth-order valence-corrected chi connectivity index (χ4v) is 1.83. The fourth-order valence-electron chi connectivity index (χ4n) is 1.83. The Hall–Kier alpha value is -0.160. The van der Waals surface area contributed by atoms with Gasteiger partial charge in [0.15, 0.2) is 5.79 Å². The summed E-state index contributed by atoms with van der Waals surface area (Å²) < 4.78 is 16.6. The lowest BCUT2D eigenvalue weighted by Gasteiger charge is -2.30. The van der Waals surface area contributed by atoms with E-state index in [1.807, 2.05) is 13.8 Å². The number of hydrogen-bond donors (Lipinski definition) is 1. The molecule has 1 N–H and O–H groups in total. The molecule has 1 aliphatic carbocycles. The third kappa shape index (κ3) is 4.07. The highest BCUT2D eigenvalue weighted by atomic mass is 16.7. The van der Waals surface area contributed by atoms with Gasteiger partial charge < -0.3 is 19.3 Å². The van der Waals surface area contributed by atoms with E-state index in [2.05, 4.69) is 0 Å². The smallest absolute Gasteiger partial charge is 0.162 e. The molecule has 2 atom stereocenters. The van der Waals surface area contributed by atoms with Gasteiger partial charge in [-0.2, -0.15) is 0 Å². The molecule has 0 aliphatic heterocycles. The van der Waals surface area contributed by atoms with E-state index in [0.29, 0.717) is 6.61 Å². The van der Waals surface area contributed by atoms with E-state index in [-0.39, 0.29) is 18.8 Å². The van der Waals surface area contributed by atoms with Crippen LogP contribution in [0.5, 0.6) is 0 Å². The molecule has 0 aromatic heterocycles. The van der Waals surface area contributed by atoms with Crippen LogP contribution in [0.4, 0.5) is 0 Å². The van der Waals surface area contributed by atoms with E-state index < -0.39 is 5.79 Å². The first-order valence-corrected chi connectivity index (χ1v) is 5.54. The number of rotatable bonds is 6. The summed E-state index contributed by atoms with van der Waals surface area (Å²) in [6, 6.07) is 0. The second kappa shape index (κ2) is 5.80. The molecular formula is C11H22O4. The van der Waals surface area contributed by atoms with Crippen molar-refractivity contribution in [1.82, 2.24) is 0 Å². The highest BCUT2D eigenvalue weighted by Crippen LogP contribution is 2.28. The zero-order valence-electron chi connectivity index (χ0n) is 9.86. The van der Waals surface area contributed by atoms with Gasteiger partial charge in [-0.05, 0) is 33.1 Å². The van der Waals surface area contributed by atoms with Crippen molar-refractivity contribution in [1.29, 1.82) is 0 Å². The maximum Gasteiger partial charge on any atom is 0.162 e. The van der Waals surface area contributed by atoms with E-state index in [9.17, 15) is 0 Å². The van der Waals surface area contributed by atoms with Crippen LogP contribution in [-0.4, -0.2) is 43.4 Å². The highest BCUT2D eigenvalue weighted by molar-refractivity contribution is 4.80. The van der Waals surface area contributed by atoms with Crippen molar-refractivity contribution < 1.29 is 19.3 Å². The van der Waals surface area contributed by atoms with Gasteiger partial charge in [0.2, 0.25) is 0 Å². The summed E-state index contributed by atoms with van der Waals surface area (Å²) in [7, 11) is 1.64. The molecule has 0 aromatic rings. The molecule has 0 spiro atoms. The topological polar surface area (TPSA) is 47.9 Å². The van der Waals surface area contributed by atoms with Gasteiger partial charge in [0, 0.05) is 7.11 Å². The predicted molar refractivity (Wildman–Crippen MR) is 56.6 cm³/mol. The Bertz CT molecular complexity index is 181. The van der Waals surface area contributed by atoms with Crippen molar-refractivity contribution in [3.63, 3.8) is 0 Å². The van der Waals surface area contributed by atoms with Crippen molar-refractivity contribution in [3.05, 3.63) is 0 Å². The summed E-state index contributed by atoms with van der Waals surface area (Å²) in [6.07, 6.45) is 3.31. The van der Waals surface area contributed by atoms with E-state index in [4.69, 9.17) is 19.3 Å². The van der Waals surface area contributed by atoms with E-state index in [1.54, 1.807) is 7.11 Å². The zero-order valence-corrected chi connectivity index (χ0v) is 9.86. The lowest BCUT2D eigenvalue weighted by atomic mass is 10.2. The molecular weight excluding hydrogens is 196 g/mol. The lowest BCUT2D eigenvalue weighted by Crippen LogP contribution is -2.37. The Labute approximate surface area is 91.5 Å². The molecule has 1 rings (SSSR count). The Kier molecular flexibility index (Phi) is 4.99. The van der Waals surface area contributed by atoms with Crippen LogP contribution in [0.2, 0.25) is 0 Å². The van der Waals surface area contributed by atoms with Gasteiger partial charge in [-0.15, -0.1) is 0 Å². The minimum absolute atomic E-state index is 0.0664. The minimum atomic E-state index is -0.560. The molecule has 0 radical (unpaired) electrons. The number of aliphatic hydroxyl groups is 1. The molecule has 0 heterocycles. The van der Waals surface area contributed by atoms with E-state index >= 15 is 0 Å². The lowest BCUT2D eigenvalue weighted by molar-refractivity contribution is -0.239. The summed E-state index contributed by atoms with van der Waals surface area (Å²) >= 11 is 0. The Balaban J connectivity index is 2.39. The molecule has 90 valence electrons. The predicted octanol–water partition coefficient (Wildman–Crippen LogP) is 1.32. The number of hydrogen-bond acceptors (Lipinski definition) is 4. The van der Waals surface area contributed by atoms with Crippen LogP contribution in [0, 0.1) is 0 Å². The molecule has 0 saturated heterocycles. The summed E-state index contributed by atoms with van der Waals surface area (Å²) in [6.45, 7) is 4.25. The Morgan fingerprint density at radius 1 is 1.27 bits per heavy atom. The number of aliphatic hydroxyl groups excluding tert-OH is 1. The van der Waals surface area contributed by atoms with E-state index in [0.717, 1.165) is 19.3 Å². The molecule has 1 saturated carbocycles.